The average molecular weight is 307 g/mol. The number of carbonyl (C=O) groups is 1. The third-order valence-corrected chi connectivity index (χ3v) is 3.26. The SMILES string of the molecule is CCOC(=O)C(C#Cc1cccc(C)c1)Nc1ccc(C)cc1. The van der Waals surface area contributed by atoms with Crippen molar-refractivity contribution in [1.29, 1.82) is 0 Å². The molecule has 2 rings (SSSR count). The van der Waals surface area contributed by atoms with Crippen molar-refractivity contribution in [2.24, 2.45) is 0 Å². The van der Waals surface area contributed by atoms with Crippen LogP contribution in [0.25, 0.3) is 0 Å². The van der Waals surface area contributed by atoms with E-state index in [0.29, 0.717) is 6.61 Å². The smallest absolute Gasteiger partial charge is 0.341 e. The number of rotatable bonds is 4. The molecule has 0 aliphatic rings. The van der Waals surface area contributed by atoms with Crippen molar-refractivity contribution in [3.63, 3.8) is 0 Å². The van der Waals surface area contributed by atoms with Gasteiger partial charge in [-0.15, -0.1) is 0 Å². The second kappa shape index (κ2) is 8.05. The molecular formula is C20H21NO2. The lowest BCUT2D eigenvalue weighted by Crippen LogP contribution is -2.30. The number of nitrogens with one attached hydrogen (secondary N) is 1. The first-order chi connectivity index (χ1) is 11.1. The summed E-state index contributed by atoms with van der Waals surface area (Å²) < 4.78 is 5.11. The van der Waals surface area contributed by atoms with Crippen molar-refractivity contribution < 1.29 is 9.53 Å². The molecule has 0 spiro atoms. The van der Waals surface area contributed by atoms with Crippen molar-refractivity contribution in [3.8, 4) is 11.8 Å². The van der Waals surface area contributed by atoms with Crippen LogP contribution in [0.15, 0.2) is 48.5 Å². The van der Waals surface area contributed by atoms with Crippen LogP contribution in [0, 0.1) is 25.7 Å². The largest absolute Gasteiger partial charge is 0.464 e. The Labute approximate surface area is 137 Å². The summed E-state index contributed by atoms with van der Waals surface area (Å²) in [5, 5.41) is 3.13. The molecule has 0 fully saturated rings. The maximum absolute atomic E-state index is 12.1. The van der Waals surface area contributed by atoms with Gasteiger partial charge in [-0.05, 0) is 50.6 Å². The van der Waals surface area contributed by atoms with Crippen LogP contribution in [0.2, 0.25) is 0 Å². The van der Waals surface area contributed by atoms with Crippen LogP contribution < -0.4 is 5.32 Å². The van der Waals surface area contributed by atoms with Gasteiger partial charge in [-0.3, -0.25) is 0 Å². The molecule has 0 aliphatic heterocycles. The predicted molar refractivity (Wildman–Crippen MR) is 93.3 cm³/mol. The number of ether oxygens (including phenoxy) is 1. The Morgan fingerprint density at radius 3 is 2.52 bits per heavy atom. The summed E-state index contributed by atoms with van der Waals surface area (Å²) in [5.41, 5.74) is 4.02. The van der Waals surface area contributed by atoms with E-state index in [1.165, 1.54) is 0 Å². The molecule has 2 aromatic rings. The van der Waals surface area contributed by atoms with E-state index < -0.39 is 6.04 Å². The molecule has 0 aliphatic carbocycles. The number of hydrogen-bond acceptors (Lipinski definition) is 3. The molecule has 1 N–H and O–H groups in total. The number of carbonyl (C=O) groups excluding carboxylic acids is 1. The third kappa shape index (κ3) is 5.19. The number of anilines is 1. The summed E-state index contributed by atoms with van der Waals surface area (Å²) in [6.45, 7) is 6.15. The standard InChI is InChI=1S/C20H21NO2/c1-4-23-20(22)19(21-18-11-8-15(2)9-12-18)13-10-17-7-5-6-16(3)14-17/h5-9,11-12,14,19,21H,4H2,1-3H3. The van der Waals surface area contributed by atoms with Crippen LogP contribution in [0.4, 0.5) is 5.69 Å². The highest BCUT2D eigenvalue weighted by Gasteiger charge is 2.16. The highest BCUT2D eigenvalue weighted by atomic mass is 16.5. The molecule has 23 heavy (non-hydrogen) atoms. The fraction of sp³-hybridized carbons (Fsp3) is 0.250. The van der Waals surface area contributed by atoms with Gasteiger partial charge in [0.25, 0.3) is 0 Å². The molecule has 118 valence electrons. The van der Waals surface area contributed by atoms with E-state index in [1.807, 2.05) is 62.4 Å². The van der Waals surface area contributed by atoms with E-state index in [9.17, 15) is 4.79 Å². The number of aryl methyl sites for hydroxylation is 2. The topological polar surface area (TPSA) is 38.3 Å². The molecular weight excluding hydrogens is 286 g/mol. The lowest BCUT2D eigenvalue weighted by atomic mass is 10.1. The first-order valence-electron chi connectivity index (χ1n) is 7.66. The van der Waals surface area contributed by atoms with Gasteiger partial charge in [0.05, 0.1) is 6.61 Å². The number of benzene rings is 2. The quantitative estimate of drug-likeness (QED) is 0.691. The van der Waals surface area contributed by atoms with Gasteiger partial charge in [-0.2, -0.15) is 0 Å². The van der Waals surface area contributed by atoms with Crippen LogP contribution in [0.3, 0.4) is 0 Å². The van der Waals surface area contributed by atoms with Gasteiger partial charge in [0.15, 0.2) is 6.04 Å². The molecule has 0 bridgehead atoms. The third-order valence-electron chi connectivity index (χ3n) is 3.26. The van der Waals surface area contributed by atoms with Crippen LogP contribution >= 0.6 is 0 Å². The second-order valence-corrected chi connectivity index (χ2v) is 5.33. The van der Waals surface area contributed by atoms with Crippen molar-refractivity contribution in [1.82, 2.24) is 0 Å². The molecule has 0 heterocycles. The minimum absolute atomic E-state index is 0.330. The van der Waals surface area contributed by atoms with Gasteiger partial charge in [0.2, 0.25) is 0 Å². The monoisotopic (exact) mass is 307 g/mol. The van der Waals surface area contributed by atoms with Gasteiger partial charge < -0.3 is 10.1 Å². The molecule has 3 heteroatoms. The number of hydrogen-bond donors (Lipinski definition) is 1. The molecule has 0 saturated carbocycles. The Bertz CT molecular complexity index is 723. The lowest BCUT2D eigenvalue weighted by Gasteiger charge is -2.13. The van der Waals surface area contributed by atoms with Crippen molar-refractivity contribution in [2.75, 3.05) is 11.9 Å². The van der Waals surface area contributed by atoms with E-state index in [1.54, 1.807) is 6.92 Å². The maximum atomic E-state index is 12.1. The van der Waals surface area contributed by atoms with E-state index in [-0.39, 0.29) is 5.97 Å². The molecule has 1 unspecified atom stereocenters. The summed E-state index contributed by atoms with van der Waals surface area (Å²) in [6, 6.07) is 15.0. The molecule has 0 amide bonds. The van der Waals surface area contributed by atoms with E-state index in [4.69, 9.17) is 4.74 Å². The summed E-state index contributed by atoms with van der Waals surface area (Å²) in [4.78, 5) is 12.1. The Hall–Kier alpha value is -2.73. The molecule has 2 aromatic carbocycles. The predicted octanol–water partition coefficient (Wildman–Crippen LogP) is 3.70. The zero-order valence-corrected chi connectivity index (χ0v) is 13.7. The van der Waals surface area contributed by atoms with Gasteiger partial charge in [0, 0.05) is 11.3 Å². The van der Waals surface area contributed by atoms with E-state index in [0.717, 1.165) is 22.4 Å². The Morgan fingerprint density at radius 1 is 1.13 bits per heavy atom. The molecule has 0 radical (unpaired) electrons. The van der Waals surface area contributed by atoms with Gasteiger partial charge in [0.1, 0.15) is 0 Å². The highest BCUT2D eigenvalue weighted by molar-refractivity contribution is 5.83. The minimum atomic E-state index is -0.696. The summed E-state index contributed by atoms with van der Waals surface area (Å²) in [6.07, 6.45) is 0. The molecule has 0 saturated heterocycles. The zero-order chi connectivity index (χ0) is 16.7. The normalized spacial score (nSPS) is 11.1. The van der Waals surface area contributed by atoms with Crippen LogP contribution in [0.1, 0.15) is 23.6 Å². The van der Waals surface area contributed by atoms with Crippen LogP contribution in [0.5, 0.6) is 0 Å². The summed E-state index contributed by atoms with van der Waals surface area (Å²) >= 11 is 0. The van der Waals surface area contributed by atoms with Crippen molar-refractivity contribution in [3.05, 3.63) is 65.2 Å². The first-order valence-corrected chi connectivity index (χ1v) is 7.66. The summed E-state index contributed by atoms with van der Waals surface area (Å²) in [7, 11) is 0. The molecule has 3 nitrogen and oxygen atoms in total. The van der Waals surface area contributed by atoms with Crippen LogP contribution in [-0.2, 0) is 9.53 Å². The Morgan fingerprint density at radius 2 is 1.87 bits per heavy atom. The van der Waals surface area contributed by atoms with Crippen molar-refractivity contribution >= 4 is 11.7 Å². The van der Waals surface area contributed by atoms with Gasteiger partial charge >= 0.3 is 5.97 Å². The minimum Gasteiger partial charge on any atom is -0.464 e. The highest BCUT2D eigenvalue weighted by Crippen LogP contribution is 2.11. The Kier molecular flexibility index (Phi) is 5.82. The molecule has 1 atom stereocenters. The Balaban J connectivity index is 2.21. The van der Waals surface area contributed by atoms with Gasteiger partial charge in [-0.25, -0.2) is 4.79 Å². The van der Waals surface area contributed by atoms with Gasteiger partial charge in [-0.1, -0.05) is 41.7 Å². The summed E-state index contributed by atoms with van der Waals surface area (Å²) in [5.74, 6) is 5.65. The van der Waals surface area contributed by atoms with E-state index >= 15 is 0 Å². The molecule has 0 aromatic heterocycles. The lowest BCUT2D eigenvalue weighted by molar-refractivity contribution is -0.142. The average Bonchev–Trinajstić information content (AvgIpc) is 2.53. The maximum Gasteiger partial charge on any atom is 0.341 e. The fourth-order valence-electron chi connectivity index (χ4n) is 2.07. The first kappa shape index (κ1) is 16.6. The van der Waals surface area contributed by atoms with E-state index in [2.05, 4.69) is 17.2 Å². The number of esters is 1. The van der Waals surface area contributed by atoms with Crippen LogP contribution in [-0.4, -0.2) is 18.6 Å². The fourth-order valence-corrected chi connectivity index (χ4v) is 2.07. The second-order valence-electron chi connectivity index (χ2n) is 5.33. The zero-order valence-electron chi connectivity index (χ0n) is 13.7. The van der Waals surface area contributed by atoms with Crippen molar-refractivity contribution in [2.45, 2.75) is 26.8 Å².